The van der Waals surface area contributed by atoms with Crippen molar-refractivity contribution in [2.24, 2.45) is 0 Å². The van der Waals surface area contributed by atoms with Gasteiger partial charge in [-0.3, -0.25) is 0 Å². The van der Waals surface area contributed by atoms with Crippen LogP contribution in [-0.2, 0) is 4.43 Å². The zero-order valence-corrected chi connectivity index (χ0v) is 16.6. The van der Waals surface area contributed by atoms with Crippen molar-refractivity contribution in [2.75, 3.05) is 13.7 Å². The van der Waals surface area contributed by atoms with E-state index in [0.29, 0.717) is 0 Å². The smallest absolute Gasteiger partial charge is 0.286 e. The molecule has 104 valence electrons. The van der Waals surface area contributed by atoms with Crippen molar-refractivity contribution in [2.45, 2.75) is 58.3 Å². The van der Waals surface area contributed by atoms with E-state index in [9.17, 15) is 0 Å². The van der Waals surface area contributed by atoms with Crippen LogP contribution in [-0.4, -0.2) is 42.0 Å². The van der Waals surface area contributed by atoms with Gasteiger partial charge in [0.05, 0.1) is 0 Å². The molecule has 0 saturated carbocycles. The summed E-state index contributed by atoms with van der Waals surface area (Å²) in [4.78, 5) is 0. The van der Waals surface area contributed by atoms with Crippen LogP contribution in [0.1, 0.15) is 6.42 Å². The van der Waals surface area contributed by atoms with E-state index < -0.39 is 24.1 Å². The first kappa shape index (κ1) is 17.9. The zero-order chi connectivity index (χ0) is 13.9. The zero-order valence-electron chi connectivity index (χ0n) is 12.9. The van der Waals surface area contributed by atoms with Gasteiger partial charge in [-0.2, -0.15) is 0 Å². The lowest BCUT2D eigenvalue weighted by molar-refractivity contribution is 0.412. The third-order valence-electron chi connectivity index (χ3n) is 3.05. The Kier molecular flexibility index (Phi) is 6.66. The monoisotopic (exact) mass is 311 g/mol. The molecular weight excluding hydrogens is 282 g/mol. The molecule has 0 heterocycles. The van der Waals surface area contributed by atoms with Crippen molar-refractivity contribution in [1.29, 1.82) is 0 Å². The molecule has 0 aromatic carbocycles. The summed E-state index contributed by atoms with van der Waals surface area (Å²) in [6.07, 6.45) is 1.18. The Hall–Kier alpha value is 0.861. The predicted molar refractivity (Wildman–Crippen MR) is 87.3 cm³/mol. The van der Waals surface area contributed by atoms with E-state index in [4.69, 9.17) is 15.5 Å². The maximum Gasteiger partial charge on any atom is 0.286 e. The van der Waals surface area contributed by atoms with Crippen molar-refractivity contribution < 1.29 is 4.43 Å². The van der Waals surface area contributed by atoms with E-state index >= 15 is 0 Å². The van der Waals surface area contributed by atoms with Gasteiger partial charge >= 0.3 is 0 Å². The highest BCUT2D eigenvalue weighted by molar-refractivity contribution is 7.16. The second-order valence-corrected chi connectivity index (χ2v) is 22.6. The van der Waals surface area contributed by atoms with Gasteiger partial charge in [0.15, 0.2) is 0 Å². The summed E-state index contributed by atoms with van der Waals surface area (Å²) in [5.41, 5.74) is 0. The van der Waals surface area contributed by atoms with E-state index in [-0.39, 0.29) is 0 Å². The molecule has 0 aliphatic rings. The van der Waals surface area contributed by atoms with Crippen LogP contribution in [0.5, 0.6) is 0 Å². The minimum atomic E-state index is -1.89. The first-order valence-corrected chi connectivity index (χ1v) is 16.9. The minimum Gasteiger partial charge on any atom is -0.407 e. The minimum absolute atomic E-state index is 1.05. The predicted octanol–water partition coefficient (Wildman–Crippen LogP) is 4.31. The van der Waals surface area contributed by atoms with E-state index in [0.717, 1.165) is 6.04 Å². The van der Waals surface area contributed by atoms with Crippen LogP contribution in [0.2, 0.25) is 51.9 Å². The van der Waals surface area contributed by atoms with Gasteiger partial charge in [-0.15, -0.1) is 11.1 Å². The molecule has 1 atom stereocenters. The SMILES string of the molecule is CO[Si](C)(Cl)CCCN([Si](C)(C)C)[Si](C)(C)C. The molecule has 0 aliphatic carbocycles. The average Bonchev–Trinajstić information content (AvgIpc) is 2.08. The summed E-state index contributed by atoms with van der Waals surface area (Å²) in [6.45, 7) is 17.9. The second kappa shape index (κ2) is 6.34. The Bertz CT molecular complexity index is 222. The maximum atomic E-state index is 6.35. The van der Waals surface area contributed by atoms with Crippen LogP contribution in [0.4, 0.5) is 0 Å². The molecular formula is C11H30ClNOSi3. The van der Waals surface area contributed by atoms with Gasteiger partial charge in [0, 0.05) is 7.11 Å². The lowest BCUT2D eigenvalue weighted by atomic mass is 10.5. The van der Waals surface area contributed by atoms with Crippen LogP contribution in [0.15, 0.2) is 0 Å². The third-order valence-corrected chi connectivity index (χ3v) is 13.9. The Balaban J connectivity index is 4.41. The Morgan fingerprint density at radius 3 is 1.65 bits per heavy atom. The summed E-state index contributed by atoms with van der Waals surface area (Å²) in [7, 11) is -2.55. The van der Waals surface area contributed by atoms with Crippen molar-refractivity contribution in [3.05, 3.63) is 0 Å². The number of nitrogens with zero attached hydrogens (tertiary/aromatic N) is 1. The molecule has 1 unspecified atom stereocenters. The molecule has 0 radical (unpaired) electrons. The first-order valence-electron chi connectivity index (χ1n) is 6.42. The summed E-state index contributed by atoms with van der Waals surface area (Å²) in [6, 6.07) is 1.05. The highest BCUT2D eigenvalue weighted by Crippen LogP contribution is 2.23. The van der Waals surface area contributed by atoms with Gasteiger partial charge in [-0.25, -0.2) is 0 Å². The number of hydrogen-bond acceptors (Lipinski definition) is 2. The van der Waals surface area contributed by atoms with Crippen molar-refractivity contribution in [3.63, 3.8) is 0 Å². The van der Waals surface area contributed by atoms with Gasteiger partial charge in [0.2, 0.25) is 0 Å². The summed E-state index contributed by atoms with van der Waals surface area (Å²) in [5, 5.41) is 0. The third kappa shape index (κ3) is 7.12. The lowest BCUT2D eigenvalue weighted by Crippen LogP contribution is -2.59. The van der Waals surface area contributed by atoms with Crippen LogP contribution < -0.4 is 0 Å². The highest BCUT2D eigenvalue weighted by atomic mass is 35.6. The topological polar surface area (TPSA) is 12.5 Å². The van der Waals surface area contributed by atoms with Crippen molar-refractivity contribution in [3.8, 4) is 0 Å². The summed E-state index contributed by atoms with van der Waals surface area (Å²) in [5.74, 6) is 0. The van der Waals surface area contributed by atoms with Gasteiger partial charge in [0.25, 0.3) is 7.63 Å². The number of halogens is 1. The van der Waals surface area contributed by atoms with Crippen LogP contribution in [0.3, 0.4) is 0 Å². The molecule has 0 amide bonds. The molecule has 0 fully saturated rings. The van der Waals surface area contributed by atoms with Gasteiger partial charge in [0.1, 0.15) is 16.5 Å². The fourth-order valence-corrected chi connectivity index (χ4v) is 13.4. The van der Waals surface area contributed by atoms with Crippen molar-refractivity contribution >= 4 is 35.2 Å². The average molecular weight is 312 g/mol. The maximum absolute atomic E-state index is 6.35. The Labute approximate surface area is 116 Å². The highest BCUT2D eigenvalue weighted by Gasteiger charge is 2.34. The molecule has 2 nitrogen and oxygen atoms in total. The normalized spacial score (nSPS) is 17.3. The quantitative estimate of drug-likeness (QED) is 0.513. The Morgan fingerprint density at radius 1 is 0.941 bits per heavy atom. The molecule has 0 rings (SSSR count). The molecule has 0 bridgehead atoms. The van der Waals surface area contributed by atoms with E-state index in [1.54, 1.807) is 7.11 Å². The fourth-order valence-electron chi connectivity index (χ4n) is 2.33. The largest absolute Gasteiger partial charge is 0.407 e. The molecule has 0 aromatic rings. The lowest BCUT2D eigenvalue weighted by Gasteiger charge is -2.43. The summed E-state index contributed by atoms with van der Waals surface area (Å²) < 4.78 is 8.22. The van der Waals surface area contributed by atoms with Gasteiger partial charge in [-0.1, -0.05) is 39.3 Å². The van der Waals surface area contributed by atoms with E-state index in [1.165, 1.54) is 13.0 Å². The first-order chi connectivity index (χ1) is 7.40. The fraction of sp³-hybridized carbons (Fsp3) is 1.00. The van der Waals surface area contributed by atoms with E-state index in [2.05, 4.69) is 50.1 Å². The molecule has 0 saturated heterocycles. The van der Waals surface area contributed by atoms with Gasteiger partial charge < -0.3 is 8.66 Å². The number of rotatable bonds is 7. The molecule has 6 heteroatoms. The summed E-state index contributed by atoms with van der Waals surface area (Å²) >= 11 is 6.35. The molecule has 17 heavy (non-hydrogen) atoms. The molecule has 0 aliphatic heterocycles. The molecule has 0 spiro atoms. The second-order valence-electron chi connectivity index (χ2n) is 6.90. The van der Waals surface area contributed by atoms with Crippen LogP contribution >= 0.6 is 11.1 Å². The molecule has 0 N–H and O–H groups in total. The van der Waals surface area contributed by atoms with Crippen molar-refractivity contribution in [1.82, 2.24) is 4.23 Å². The van der Waals surface area contributed by atoms with Crippen LogP contribution in [0.25, 0.3) is 0 Å². The Morgan fingerprint density at radius 2 is 1.35 bits per heavy atom. The number of hydrogen-bond donors (Lipinski definition) is 0. The van der Waals surface area contributed by atoms with Crippen LogP contribution in [0, 0.1) is 0 Å². The van der Waals surface area contributed by atoms with E-state index in [1.807, 2.05) is 0 Å². The molecule has 0 aromatic heterocycles. The van der Waals surface area contributed by atoms with Gasteiger partial charge in [-0.05, 0) is 25.6 Å². The standard InChI is InChI=1S/C11H30ClNOSi3/c1-14-17(8,12)11-9-10-13(15(2,3)4)16(5,6)7/h9-11H2,1-8H3.